The molecule has 1 amide bonds. The maximum Gasteiger partial charge on any atom is 0.227 e. The van der Waals surface area contributed by atoms with Gasteiger partial charge in [0, 0.05) is 29.5 Å². The van der Waals surface area contributed by atoms with Crippen molar-refractivity contribution in [2.24, 2.45) is 27.7 Å². The van der Waals surface area contributed by atoms with Gasteiger partial charge in [-0.25, -0.2) is 15.5 Å². The van der Waals surface area contributed by atoms with E-state index in [1.54, 1.807) is 24.3 Å². The van der Waals surface area contributed by atoms with E-state index in [1.165, 1.54) is 5.56 Å². The van der Waals surface area contributed by atoms with Crippen LogP contribution in [0.3, 0.4) is 0 Å². The summed E-state index contributed by atoms with van der Waals surface area (Å²) in [6.07, 6.45) is 9.23. The van der Waals surface area contributed by atoms with Gasteiger partial charge in [0.25, 0.3) is 0 Å². The van der Waals surface area contributed by atoms with Crippen molar-refractivity contribution in [3.63, 3.8) is 0 Å². The molecule has 6 rings (SSSR count). The number of anilines is 1. The molecule has 0 radical (unpaired) electrons. The number of amidine groups is 2. The number of hydrogen-bond acceptors (Lipinski definition) is 6. The van der Waals surface area contributed by atoms with E-state index in [0.29, 0.717) is 64.4 Å². The van der Waals surface area contributed by atoms with Gasteiger partial charge in [0.05, 0.1) is 11.4 Å². The van der Waals surface area contributed by atoms with Crippen LogP contribution in [-0.4, -0.2) is 22.8 Å². The molecule has 4 aromatic rings. The number of carbonyl (C=O) groups excluding carboxylic acids is 1. The quantitative estimate of drug-likeness (QED) is 0.0504. The first kappa shape index (κ1) is 36.1. The summed E-state index contributed by atoms with van der Waals surface area (Å²) < 4.78 is 0. The van der Waals surface area contributed by atoms with Gasteiger partial charge in [-0.3, -0.25) is 15.5 Å². The number of nitrogens with zero attached hydrogens (tertiary/aromatic N) is 2. The topological polar surface area (TPSA) is 117 Å². The fourth-order valence-corrected chi connectivity index (χ4v) is 7.33. The Kier molecular flexibility index (Phi) is 13.1. The van der Waals surface area contributed by atoms with Crippen molar-refractivity contribution in [1.29, 1.82) is 0 Å². The average molecular weight is 708 g/mol. The molecule has 2 aliphatic carbocycles. The minimum absolute atomic E-state index is 0.0150. The predicted molar refractivity (Wildman–Crippen MR) is 203 cm³/mol. The van der Waals surface area contributed by atoms with E-state index in [2.05, 4.69) is 51.6 Å². The molecule has 266 valence electrons. The monoisotopic (exact) mass is 707 g/mol. The molecule has 51 heavy (non-hydrogen) atoms. The maximum atomic E-state index is 12.8. The Hall–Kier alpha value is -4.70. The summed E-state index contributed by atoms with van der Waals surface area (Å²) in [5, 5.41) is 13.5. The second-order valence-corrected chi connectivity index (χ2v) is 14.0. The molecular weight excluding hydrogens is 662 g/mol. The van der Waals surface area contributed by atoms with Gasteiger partial charge in [-0.1, -0.05) is 71.2 Å². The van der Waals surface area contributed by atoms with Gasteiger partial charge in [-0.2, -0.15) is 0 Å². The maximum absolute atomic E-state index is 12.8. The zero-order valence-corrected chi connectivity index (χ0v) is 29.5. The first-order chi connectivity index (χ1) is 25.0. The highest BCUT2D eigenvalue weighted by Crippen LogP contribution is 2.37. The van der Waals surface area contributed by atoms with Crippen molar-refractivity contribution in [1.82, 2.24) is 11.0 Å². The van der Waals surface area contributed by atoms with Crippen LogP contribution in [-0.2, 0) is 9.78 Å². The average Bonchev–Trinajstić information content (AvgIpc) is 3.16. The molecule has 0 spiro atoms. The number of nitrogens with one attached hydrogen (secondary N) is 3. The minimum Gasteiger partial charge on any atom is -0.326 e. The molecule has 2 saturated carbocycles. The zero-order valence-electron chi connectivity index (χ0n) is 28.7. The van der Waals surface area contributed by atoms with Crippen LogP contribution in [0.5, 0.6) is 5.75 Å². The molecule has 0 saturated heterocycles. The zero-order chi connectivity index (χ0) is 35.3. The number of rotatable bonds is 12. The van der Waals surface area contributed by atoms with E-state index < -0.39 is 0 Å². The van der Waals surface area contributed by atoms with Gasteiger partial charge < -0.3 is 10.2 Å². The van der Waals surface area contributed by atoms with Crippen molar-refractivity contribution < 1.29 is 19.9 Å². The second kappa shape index (κ2) is 18.5. The lowest BCUT2D eigenvalue weighted by Gasteiger charge is -2.29. The van der Waals surface area contributed by atoms with Gasteiger partial charge in [0.15, 0.2) is 5.75 Å². The highest BCUT2D eigenvalue weighted by molar-refractivity contribution is 6.30. The van der Waals surface area contributed by atoms with Crippen molar-refractivity contribution in [3.8, 4) is 5.75 Å². The molecule has 4 N–H and O–H groups in total. The number of carbonyl (C=O) groups is 1. The lowest BCUT2D eigenvalue weighted by Crippen LogP contribution is -2.31. The molecule has 2 aliphatic rings. The third-order valence-electron chi connectivity index (χ3n) is 9.94. The van der Waals surface area contributed by atoms with Gasteiger partial charge in [0.2, 0.25) is 5.91 Å². The fraction of sp³-hybridized carbons (Fsp3) is 0.341. The van der Waals surface area contributed by atoms with E-state index in [4.69, 9.17) is 26.5 Å². The van der Waals surface area contributed by atoms with Crippen LogP contribution >= 0.6 is 11.6 Å². The molecule has 2 fully saturated rings. The van der Waals surface area contributed by atoms with Crippen LogP contribution in [0.15, 0.2) is 119 Å². The number of amides is 1. The van der Waals surface area contributed by atoms with Crippen molar-refractivity contribution in [2.45, 2.75) is 70.1 Å². The SMILES string of the molecule is O=C(Nc1ccccc1)C1CCC(CC(=Nc2cccc(Cl)c2)NOOc2ccc(N=C(CC3CCC(c4ccccc4)CC3)NO)cc2)CC1. The Morgan fingerprint density at radius 2 is 1.33 bits per heavy atom. The van der Waals surface area contributed by atoms with Gasteiger partial charge in [-0.05, 0) is 129 Å². The predicted octanol–water partition coefficient (Wildman–Crippen LogP) is 10.1. The second-order valence-electron chi connectivity index (χ2n) is 13.6. The van der Waals surface area contributed by atoms with Crippen LogP contribution in [0.1, 0.15) is 75.7 Å². The van der Waals surface area contributed by atoms with Crippen LogP contribution in [0, 0.1) is 17.8 Å². The molecule has 0 heterocycles. The Morgan fingerprint density at radius 3 is 2.00 bits per heavy atom. The minimum atomic E-state index is -0.0150. The first-order valence-electron chi connectivity index (χ1n) is 17.9. The van der Waals surface area contributed by atoms with E-state index in [1.807, 2.05) is 54.6 Å². The molecule has 0 aromatic heterocycles. The summed E-state index contributed by atoms with van der Waals surface area (Å²) in [5.41, 5.74) is 8.85. The third kappa shape index (κ3) is 11.1. The largest absolute Gasteiger partial charge is 0.326 e. The van der Waals surface area contributed by atoms with E-state index >= 15 is 0 Å². The van der Waals surface area contributed by atoms with Crippen LogP contribution in [0.25, 0.3) is 0 Å². The number of hydroxylamine groups is 2. The highest BCUT2D eigenvalue weighted by Gasteiger charge is 2.28. The summed E-state index contributed by atoms with van der Waals surface area (Å²) in [6.45, 7) is 0. The molecular formula is C41H46ClN5O4. The number of para-hydroxylation sites is 1. The van der Waals surface area contributed by atoms with Crippen LogP contribution < -0.4 is 21.2 Å². The number of hydrogen-bond donors (Lipinski definition) is 4. The molecule has 10 heteroatoms. The fourth-order valence-electron chi connectivity index (χ4n) is 7.14. The molecule has 0 atom stereocenters. The lowest BCUT2D eigenvalue weighted by atomic mass is 9.77. The number of halogens is 1. The molecule has 0 unspecified atom stereocenters. The van der Waals surface area contributed by atoms with Crippen molar-refractivity contribution in [2.75, 3.05) is 5.32 Å². The van der Waals surface area contributed by atoms with Gasteiger partial charge in [-0.15, -0.1) is 0 Å². The van der Waals surface area contributed by atoms with Crippen molar-refractivity contribution in [3.05, 3.63) is 120 Å². The Labute approximate surface area is 305 Å². The number of aliphatic imine (C=N–C) groups is 2. The number of benzene rings is 4. The summed E-state index contributed by atoms with van der Waals surface area (Å²) in [6, 6.07) is 34.8. The third-order valence-corrected chi connectivity index (χ3v) is 10.2. The molecule has 0 bridgehead atoms. The standard InChI is InChI=1S/C41H46ClN5O4/c42-34-10-7-13-37(28-34)44-40(27-30-16-20-33(21-17-30)41(48)45-35-11-5-2-6-12-35)47-51-50-38-24-22-36(23-25-38)43-39(46-49)26-29-14-18-32(19-15-29)31-8-3-1-4-9-31/h1-13,22-25,28-30,32-33,49H,14-21,26-27H2,(H,43,46)(H,44,47)(H,45,48). The van der Waals surface area contributed by atoms with E-state index in [0.717, 1.165) is 57.1 Å². The summed E-state index contributed by atoms with van der Waals surface area (Å²) in [7, 11) is 0. The molecule has 4 aromatic carbocycles. The summed E-state index contributed by atoms with van der Waals surface area (Å²) >= 11 is 6.23. The molecule has 0 aliphatic heterocycles. The van der Waals surface area contributed by atoms with Gasteiger partial charge >= 0.3 is 0 Å². The Bertz CT molecular complexity index is 1740. The summed E-state index contributed by atoms with van der Waals surface area (Å²) in [4.78, 5) is 33.3. The normalized spacial score (nSPS) is 21.1. The Morgan fingerprint density at radius 1 is 0.706 bits per heavy atom. The molecule has 9 nitrogen and oxygen atoms in total. The van der Waals surface area contributed by atoms with E-state index in [9.17, 15) is 10.0 Å². The first-order valence-corrected chi connectivity index (χ1v) is 18.3. The smallest absolute Gasteiger partial charge is 0.227 e. The highest BCUT2D eigenvalue weighted by atomic mass is 35.5. The van der Waals surface area contributed by atoms with Crippen LogP contribution in [0.4, 0.5) is 17.1 Å². The Balaban J connectivity index is 0.990. The van der Waals surface area contributed by atoms with Crippen molar-refractivity contribution >= 4 is 46.2 Å². The summed E-state index contributed by atoms with van der Waals surface area (Å²) in [5.74, 6) is 3.10. The van der Waals surface area contributed by atoms with Crippen LogP contribution in [0.2, 0.25) is 5.02 Å². The van der Waals surface area contributed by atoms with E-state index in [-0.39, 0.29) is 11.8 Å². The lowest BCUT2D eigenvalue weighted by molar-refractivity contribution is -0.239. The van der Waals surface area contributed by atoms with Gasteiger partial charge in [0.1, 0.15) is 11.7 Å².